The third-order valence-corrected chi connectivity index (χ3v) is 2.97. The van der Waals surface area contributed by atoms with Crippen LogP contribution in [-0.2, 0) is 0 Å². The molecule has 0 atom stereocenters. The van der Waals surface area contributed by atoms with E-state index in [1.165, 1.54) is 16.7 Å². The predicted molar refractivity (Wildman–Crippen MR) is 80.2 cm³/mol. The van der Waals surface area contributed by atoms with E-state index in [0.29, 0.717) is 0 Å². The summed E-state index contributed by atoms with van der Waals surface area (Å²) in [5.74, 6) is 1.85. The van der Waals surface area contributed by atoms with Crippen LogP contribution in [0.2, 0.25) is 0 Å². The highest BCUT2D eigenvalue weighted by Gasteiger charge is 1.93. The van der Waals surface area contributed by atoms with Crippen molar-refractivity contribution in [2.45, 2.75) is 20.8 Å². The molecule has 2 aromatic rings. The lowest BCUT2D eigenvalue weighted by Gasteiger charge is -2.02. The van der Waals surface area contributed by atoms with Crippen molar-refractivity contribution in [3.05, 3.63) is 59.2 Å². The quantitative estimate of drug-likeness (QED) is 0.799. The standard InChI is InChI=1S/C9H12O.C8H10O/c1-7-4-5-9(10-3)6-8(7)2;1-7-3-5-8(9-2)6-4-7/h4-6H,1-3H3;3-6H,1-2H3. The molecule has 0 saturated heterocycles. The van der Waals surface area contributed by atoms with Gasteiger partial charge in [-0.3, -0.25) is 0 Å². The first-order valence-electron chi connectivity index (χ1n) is 6.28. The van der Waals surface area contributed by atoms with Crippen LogP contribution in [0.15, 0.2) is 42.5 Å². The van der Waals surface area contributed by atoms with Crippen molar-refractivity contribution >= 4 is 0 Å². The zero-order valence-electron chi connectivity index (χ0n) is 12.4. The van der Waals surface area contributed by atoms with E-state index in [1.807, 2.05) is 36.4 Å². The Bertz CT molecular complexity index is 501. The minimum Gasteiger partial charge on any atom is -0.497 e. The fourth-order valence-corrected chi connectivity index (χ4v) is 1.52. The molecule has 0 heterocycles. The normalized spacial score (nSPS) is 9.32. The molecule has 0 fully saturated rings. The molecule has 0 aliphatic rings. The van der Waals surface area contributed by atoms with Crippen LogP contribution in [-0.4, -0.2) is 14.2 Å². The van der Waals surface area contributed by atoms with Crippen molar-refractivity contribution in [3.63, 3.8) is 0 Å². The van der Waals surface area contributed by atoms with Crippen molar-refractivity contribution in [2.24, 2.45) is 0 Å². The van der Waals surface area contributed by atoms with Crippen LogP contribution in [0.1, 0.15) is 16.7 Å². The van der Waals surface area contributed by atoms with E-state index in [2.05, 4.69) is 26.8 Å². The Morgan fingerprint density at radius 3 is 1.63 bits per heavy atom. The van der Waals surface area contributed by atoms with Gasteiger partial charge in [0.15, 0.2) is 0 Å². The molecule has 0 saturated carbocycles. The third kappa shape index (κ3) is 5.04. The zero-order chi connectivity index (χ0) is 14.3. The van der Waals surface area contributed by atoms with Crippen molar-refractivity contribution in [1.82, 2.24) is 0 Å². The Morgan fingerprint density at radius 2 is 1.16 bits per heavy atom. The van der Waals surface area contributed by atoms with E-state index in [0.717, 1.165) is 11.5 Å². The zero-order valence-corrected chi connectivity index (χ0v) is 12.4. The van der Waals surface area contributed by atoms with Crippen LogP contribution < -0.4 is 9.47 Å². The molecule has 0 radical (unpaired) electrons. The van der Waals surface area contributed by atoms with Gasteiger partial charge in [0.05, 0.1) is 14.2 Å². The van der Waals surface area contributed by atoms with Crippen LogP contribution in [0.4, 0.5) is 0 Å². The summed E-state index contributed by atoms with van der Waals surface area (Å²) in [5, 5.41) is 0. The lowest BCUT2D eigenvalue weighted by Crippen LogP contribution is -1.85. The largest absolute Gasteiger partial charge is 0.497 e. The summed E-state index contributed by atoms with van der Waals surface area (Å²) in [5.41, 5.74) is 3.84. The van der Waals surface area contributed by atoms with Crippen molar-refractivity contribution in [1.29, 1.82) is 0 Å². The molecule has 0 unspecified atom stereocenters. The molecular weight excluding hydrogens is 236 g/mol. The van der Waals surface area contributed by atoms with Gasteiger partial charge in [-0.15, -0.1) is 0 Å². The first-order valence-corrected chi connectivity index (χ1v) is 6.28. The van der Waals surface area contributed by atoms with E-state index in [9.17, 15) is 0 Å². The van der Waals surface area contributed by atoms with Gasteiger partial charge in [-0.1, -0.05) is 23.8 Å². The van der Waals surface area contributed by atoms with Crippen molar-refractivity contribution in [2.75, 3.05) is 14.2 Å². The summed E-state index contributed by atoms with van der Waals surface area (Å²) in [7, 11) is 3.36. The number of ether oxygens (including phenoxy) is 2. The average molecular weight is 258 g/mol. The van der Waals surface area contributed by atoms with Crippen LogP contribution in [0, 0.1) is 20.8 Å². The van der Waals surface area contributed by atoms with Gasteiger partial charge in [-0.25, -0.2) is 0 Å². The fraction of sp³-hybridized carbons (Fsp3) is 0.294. The van der Waals surface area contributed by atoms with Gasteiger partial charge >= 0.3 is 0 Å². The molecule has 0 N–H and O–H groups in total. The number of hydrogen-bond acceptors (Lipinski definition) is 2. The van der Waals surface area contributed by atoms with Crippen LogP contribution in [0.5, 0.6) is 11.5 Å². The highest BCUT2D eigenvalue weighted by molar-refractivity contribution is 5.33. The van der Waals surface area contributed by atoms with Gasteiger partial charge in [0, 0.05) is 0 Å². The molecule has 19 heavy (non-hydrogen) atoms. The second-order valence-corrected chi connectivity index (χ2v) is 4.47. The maximum Gasteiger partial charge on any atom is 0.119 e. The number of methoxy groups -OCH3 is 2. The Morgan fingerprint density at radius 1 is 0.632 bits per heavy atom. The van der Waals surface area contributed by atoms with Crippen LogP contribution in [0.25, 0.3) is 0 Å². The molecule has 0 aliphatic carbocycles. The molecule has 0 spiro atoms. The summed E-state index contributed by atoms with van der Waals surface area (Å²) in [6.45, 7) is 6.23. The molecule has 2 heteroatoms. The second-order valence-electron chi connectivity index (χ2n) is 4.47. The molecule has 2 aromatic carbocycles. The van der Waals surface area contributed by atoms with Gasteiger partial charge in [-0.2, -0.15) is 0 Å². The Hall–Kier alpha value is -1.96. The van der Waals surface area contributed by atoms with E-state index >= 15 is 0 Å². The number of hydrogen-bond donors (Lipinski definition) is 0. The predicted octanol–water partition coefficient (Wildman–Crippen LogP) is 4.32. The first kappa shape index (κ1) is 15.1. The molecular formula is C17H22O2. The molecule has 0 bridgehead atoms. The summed E-state index contributed by atoms with van der Waals surface area (Å²) < 4.78 is 10.0. The lowest BCUT2D eigenvalue weighted by molar-refractivity contribution is 0.414. The minimum atomic E-state index is 0.917. The Labute approximate surface area is 116 Å². The lowest BCUT2D eigenvalue weighted by atomic mass is 10.1. The van der Waals surface area contributed by atoms with E-state index in [-0.39, 0.29) is 0 Å². The van der Waals surface area contributed by atoms with Gasteiger partial charge in [0.1, 0.15) is 11.5 Å². The maximum absolute atomic E-state index is 5.05. The summed E-state index contributed by atoms with van der Waals surface area (Å²) in [4.78, 5) is 0. The second kappa shape index (κ2) is 7.47. The molecule has 2 nitrogen and oxygen atoms in total. The minimum absolute atomic E-state index is 0.917. The van der Waals surface area contributed by atoms with Crippen LogP contribution in [0.3, 0.4) is 0 Å². The monoisotopic (exact) mass is 258 g/mol. The molecule has 102 valence electrons. The van der Waals surface area contributed by atoms with Gasteiger partial charge in [0.25, 0.3) is 0 Å². The first-order chi connectivity index (χ1) is 9.06. The van der Waals surface area contributed by atoms with Gasteiger partial charge in [0.2, 0.25) is 0 Å². The smallest absolute Gasteiger partial charge is 0.119 e. The summed E-state index contributed by atoms with van der Waals surface area (Å²) >= 11 is 0. The van der Waals surface area contributed by atoms with E-state index in [4.69, 9.17) is 9.47 Å². The molecule has 0 amide bonds. The number of aryl methyl sites for hydroxylation is 3. The fourth-order valence-electron chi connectivity index (χ4n) is 1.52. The average Bonchev–Trinajstić information content (AvgIpc) is 2.43. The van der Waals surface area contributed by atoms with Gasteiger partial charge in [-0.05, 0) is 56.2 Å². The van der Waals surface area contributed by atoms with E-state index in [1.54, 1.807) is 14.2 Å². The molecule has 0 aliphatic heterocycles. The summed E-state index contributed by atoms with van der Waals surface area (Å²) in [6, 6.07) is 14.0. The van der Waals surface area contributed by atoms with Gasteiger partial charge < -0.3 is 9.47 Å². The summed E-state index contributed by atoms with van der Waals surface area (Å²) in [6.07, 6.45) is 0. The SMILES string of the molecule is COc1ccc(C)c(C)c1.COc1ccc(C)cc1. The third-order valence-electron chi connectivity index (χ3n) is 2.97. The molecule has 2 rings (SSSR count). The van der Waals surface area contributed by atoms with Crippen LogP contribution >= 0.6 is 0 Å². The number of benzene rings is 2. The Balaban J connectivity index is 0.000000191. The maximum atomic E-state index is 5.05. The Kier molecular flexibility index (Phi) is 5.94. The highest BCUT2D eigenvalue weighted by atomic mass is 16.5. The van der Waals surface area contributed by atoms with E-state index < -0.39 is 0 Å². The number of rotatable bonds is 2. The molecule has 0 aromatic heterocycles. The van der Waals surface area contributed by atoms with Crippen molar-refractivity contribution in [3.8, 4) is 11.5 Å². The topological polar surface area (TPSA) is 18.5 Å². The van der Waals surface area contributed by atoms with Crippen molar-refractivity contribution < 1.29 is 9.47 Å². The highest BCUT2D eigenvalue weighted by Crippen LogP contribution is 2.15.